The lowest BCUT2D eigenvalue weighted by molar-refractivity contribution is -0.225. The lowest BCUT2D eigenvalue weighted by atomic mass is 9.33. The van der Waals surface area contributed by atoms with Crippen LogP contribution in [-0.4, -0.2) is 46.9 Å². The number of nitrogens with zero attached hydrogens (tertiary/aromatic N) is 1. The van der Waals surface area contributed by atoms with Gasteiger partial charge in [0.2, 0.25) is 11.8 Å². The molecule has 7 saturated carbocycles. The summed E-state index contributed by atoms with van der Waals surface area (Å²) in [5, 5.41) is 9.76. The van der Waals surface area contributed by atoms with Crippen molar-refractivity contribution in [1.82, 2.24) is 15.2 Å². The first-order valence-corrected chi connectivity index (χ1v) is 18.0. The van der Waals surface area contributed by atoms with Crippen molar-refractivity contribution in [2.45, 2.75) is 76.4 Å². The number of ether oxygens (including phenoxy) is 1. The number of carbonyl (C=O) groups excluding carboxylic acids is 4. The van der Waals surface area contributed by atoms with Gasteiger partial charge in [-0.1, -0.05) is 24.3 Å². The number of amides is 3. The standard InChI is InChI=1S/C39H44N4O7/c1-21-24-8-3-5-11-32(24)50-35(21)37(47)40-30(9-4-6-12-34(45)49-2)36(46)41-31-10-7-13-43(38(31)48)20-33(44)42-39-19-23-15-26-25-14-22(17-28(26)39)18-29(39)27(25)16-23/h3,5-8,10-13,22-23,25-30H,4,9,14-20H2,1-2H3,(H,40,47)(H,41,46)(H,42,44)/b12-6+/t22?,23?,25?,26?,27?,28-,29-,30+,39?/m1/s1. The molecule has 8 bridgehead atoms. The molecular weight excluding hydrogens is 636 g/mol. The average Bonchev–Trinajstić information content (AvgIpc) is 3.45. The lowest BCUT2D eigenvalue weighted by Gasteiger charge is -2.74. The van der Waals surface area contributed by atoms with E-state index in [0.717, 1.165) is 35.5 Å². The maximum atomic E-state index is 13.7. The van der Waals surface area contributed by atoms with Crippen molar-refractivity contribution in [2.75, 3.05) is 12.4 Å². The molecule has 7 fully saturated rings. The van der Waals surface area contributed by atoms with Crippen LogP contribution in [0.25, 0.3) is 11.0 Å². The van der Waals surface area contributed by atoms with E-state index in [1.54, 1.807) is 31.3 Å². The number of benzene rings is 1. The molecule has 3 amide bonds. The topological polar surface area (TPSA) is 149 Å². The number of fused-ring (bicyclic) bond motifs is 1. The molecule has 2 heterocycles. The molecule has 11 nitrogen and oxygen atoms in total. The minimum atomic E-state index is -1.07. The highest BCUT2D eigenvalue weighted by Crippen LogP contribution is 2.72. The van der Waals surface area contributed by atoms with Crippen molar-refractivity contribution < 1.29 is 28.3 Å². The zero-order valence-electron chi connectivity index (χ0n) is 28.5. The fraction of sp³-hybridized carbons (Fsp3) is 0.513. The van der Waals surface area contributed by atoms with Crippen molar-refractivity contribution in [3.63, 3.8) is 0 Å². The molecule has 0 saturated heterocycles. The number of anilines is 1. The zero-order valence-corrected chi connectivity index (χ0v) is 28.5. The summed E-state index contributed by atoms with van der Waals surface area (Å²) >= 11 is 0. The van der Waals surface area contributed by atoms with Crippen LogP contribution in [0.2, 0.25) is 0 Å². The maximum absolute atomic E-state index is 13.7. The number of esters is 1. The molecule has 0 aliphatic heterocycles. The third-order valence-corrected chi connectivity index (χ3v) is 12.8. The molecule has 7 aliphatic carbocycles. The number of furan rings is 1. The SMILES string of the molecule is COC(=O)/C=C/CC[C@H](NC(=O)c1oc2ccccc2c1C)C(=O)Nc1cccn(CC(=O)NC23CC4CC5C6CC(C[C@H]52)C[C@@H]3C6C4)c1=O. The molecular formula is C39H44N4O7. The summed E-state index contributed by atoms with van der Waals surface area (Å²) in [6.07, 6.45) is 12.2. The van der Waals surface area contributed by atoms with Gasteiger partial charge in [-0.3, -0.25) is 19.2 Å². The molecule has 2 aromatic heterocycles. The summed E-state index contributed by atoms with van der Waals surface area (Å²) < 4.78 is 11.8. The Morgan fingerprint density at radius 3 is 2.48 bits per heavy atom. The number of aromatic nitrogens is 1. The van der Waals surface area contributed by atoms with Crippen molar-refractivity contribution in [3.05, 3.63) is 76.4 Å². The van der Waals surface area contributed by atoms with E-state index in [0.29, 0.717) is 28.9 Å². The number of carbonyl (C=O) groups is 4. The van der Waals surface area contributed by atoms with Crippen LogP contribution in [0.3, 0.4) is 0 Å². The summed E-state index contributed by atoms with van der Waals surface area (Å²) in [5.41, 5.74) is 0.533. The largest absolute Gasteiger partial charge is 0.466 e. The molecule has 7 aliphatic rings. The van der Waals surface area contributed by atoms with Crippen LogP contribution in [-0.2, 0) is 25.7 Å². The van der Waals surface area contributed by atoms with Crippen LogP contribution in [0, 0.1) is 48.3 Å². The number of rotatable bonds is 11. The van der Waals surface area contributed by atoms with Crippen molar-refractivity contribution in [3.8, 4) is 0 Å². The van der Waals surface area contributed by atoms with Crippen LogP contribution in [0.5, 0.6) is 0 Å². The van der Waals surface area contributed by atoms with Gasteiger partial charge >= 0.3 is 5.97 Å². The van der Waals surface area contributed by atoms with Crippen molar-refractivity contribution in [2.24, 2.45) is 41.4 Å². The number of nitrogens with one attached hydrogen (secondary N) is 3. The minimum absolute atomic E-state index is 0.00123. The van der Waals surface area contributed by atoms with Gasteiger partial charge in [-0.2, -0.15) is 0 Å². The number of aryl methyl sites for hydroxylation is 1. The molecule has 2 unspecified atom stereocenters. The third-order valence-electron chi connectivity index (χ3n) is 12.8. The van der Waals surface area contributed by atoms with Gasteiger partial charge in [-0.05, 0) is 118 Å². The fourth-order valence-corrected chi connectivity index (χ4v) is 11.0. The molecule has 262 valence electrons. The van der Waals surface area contributed by atoms with Crippen LogP contribution >= 0.6 is 0 Å². The molecule has 1 aromatic carbocycles. The van der Waals surface area contributed by atoms with Gasteiger partial charge in [0.25, 0.3) is 11.5 Å². The van der Waals surface area contributed by atoms with Crippen LogP contribution < -0.4 is 21.5 Å². The maximum Gasteiger partial charge on any atom is 0.330 e. The van der Waals surface area contributed by atoms with E-state index in [2.05, 4.69) is 20.7 Å². The number of methoxy groups -OCH3 is 1. The Bertz CT molecular complexity index is 1940. The first-order chi connectivity index (χ1) is 24.1. The molecule has 3 aromatic rings. The third kappa shape index (κ3) is 5.45. The molecule has 50 heavy (non-hydrogen) atoms. The van der Waals surface area contributed by atoms with Gasteiger partial charge in [0, 0.05) is 28.8 Å². The summed E-state index contributed by atoms with van der Waals surface area (Å²) in [6.45, 7) is 1.63. The van der Waals surface area contributed by atoms with Gasteiger partial charge in [0.15, 0.2) is 5.76 Å². The second-order valence-electron chi connectivity index (χ2n) is 15.3. The molecule has 3 N–H and O–H groups in total. The van der Waals surface area contributed by atoms with E-state index in [1.165, 1.54) is 55.9 Å². The average molecular weight is 681 g/mol. The number of hydrogen-bond donors (Lipinski definition) is 3. The predicted molar refractivity (Wildman–Crippen MR) is 185 cm³/mol. The van der Waals surface area contributed by atoms with Crippen LogP contribution in [0.15, 0.2) is 64.0 Å². The first kappa shape index (κ1) is 32.5. The highest BCUT2D eigenvalue weighted by Gasteiger charge is 2.70. The second-order valence-corrected chi connectivity index (χ2v) is 15.3. The normalized spacial score (nSPS) is 30.5. The Labute approximate surface area is 290 Å². The Balaban J connectivity index is 0.972. The second kappa shape index (κ2) is 12.6. The van der Waals surface area contributed by atoms with Gasteiger partial charge < -0.3 is 29.7 Å². The van der Waals surface area contributed by atoms with Gasteiger partial charge in [0.1, 0.15) is 23.9 Å². The summed E-state index contributed by atoms with van der Waals surface area (Å²) in [7, 11) is 1.27. The Kier molecular flexibility index (Phi) is 8.19. The number of allylic oxidation sites excluding steroid dienone is 1. The van der Waals surface area contributed by atoms with E-state index in [-0.39, 0.29) is 42.3 Å². The zero-order chi connectivity index (χ0) is 34.7. The minimum Gasteiger partial charge on any atom is -0.466 e. The lowest BCUT2D eigenvalue weighted by Crippen LogP contribution is -2.76. The molecule has 0 spiro atoms. The van der Waals surface area contributed by atoms with Crippen molar-refractivity contribution in [1.29, 1.82) is 0 Å². The molecule has 5 atom stereocenters. The quantitative estimate of drug-likeness (QED) is 0.196. The molecule has 10 rings (SSSR count). The summed E-state index contributed by atoms with van der Waals surface area (Å²) in [6, 6.07) is 9.32. The van der Waals surface area contributed by atoms with E-state index in [4.69, 9.17) is 4.42 Å². The fourth-order valence-electron chi connectivity index (χ4n) is 11.0. The van der Waals surface area contributed by atoms with Crippen LogP contribution in [0.1, 0.15) is 67.5 Å². The van der Waals surface area contributed by atoms with E-state index in [1.807, 2.05) is 18.2 Å². The van der Waals surface area contributed by atoms with E-state index >= 15 is 0 Å². The van der Waals surface area contributed by atoms with Gasteiger partial charge in [-0.15, -0.1) is 0 Å². The van der Waals surface area contributed by atoms with Gasteiger partial charge in [0.05, 0.1) is 7.11 Å². The van der Waals surface area contributed by atoms with Crippen LogP contribution in [0.4, 0.5) is 5.69 Å². The first-order valence-electron chi connectivity index (χ1n) is 18.0. The monoisotopic (exact) mass is 680 g/mol. The molecule has 0 radical (unpaired) electrons. The Morgan fingerprint density at radius 2 is 1.74 bits per heavy atom. The summed E-state index contributed by atoms with van der Waals surface area (Å²) in [5.74, 6) is 3.05. The Morgan fingerprint density at radius 1 is 1.00 bits per heavy atom. The Hall–Kier alpha value is -4.67. The number of para-hydroxylation sites is 1. The molecule has 11 heteroatoms. The van der Waals surface area contributed by atoms with E-state index in [9.17, 15) is 24.0 Å². The predicted octanol–water partition coefficient (Wildman–Crippen LogP) is 4.73. The number of hydrogen-bond acceptors (Lipinski definition) is 7. The van der Waals surface area contributed by atoms with E-state index < -0.39 is 29.4 Å². The smallest absolute Gasteiger partial charge is 0.330 e. The summed E-state index contributed by atoms with van der Waals surface area (Å²) in [4.78, 5) is 66.0. The van der Waals surface area contributed by atoms with Crippen molar-refractivity contribution >= 4 is 40.3 Å². The highest BCUT2D eigenvalue weighted by atomic mass is 16.5. The van der Waals surface area contributed by atoms with Gasteiger partial charge in [-0.25, -0.2) is 4.79 Å². The number of pyridine rings is 1. The highest BCUT2D eigenvalue weighted by molar-refractivity contribution is 6.03.